The van der Waals surface area contributed by atoms with Gasteiger partial charge in [-0.05, 0) is 36.6 Å². The van der Waals surface area contributed by atoms with Crippen LogP contribution in [-0.2, 0) is 6.42 Å². The van der Waals surface area contributed by atoms with Crippen LogP contribution in [0.15, 0.2) is 51.8 Å². The third-order valence-corrected chi connectivity index (χ3v) is 4.24. The molecule has 0 aliphatic carbocycles. The Morgan fingerprint density at radius 1 is 1.20 bits per heavy atom. The SMILES string of the molecule is COc1ccc(Br)cc1CC(=O)c1ccc(SC)cc1. The Morgan fingerprint density at radius 2 is 1.90 bits per heavy atom. The molecule has 0 aromatic heterocycles. The summed E-state index contributed by atoms with van der Waals surface area (Å²) in [5.41, 5.74) is 1.62. The smallest absolute Gasteiger partial charge is 0.167 e. The molecule has 0 aliphatic heterocycles. The van der Waals surface area contributed by atoms with Crippen molar-refractivity contribution in [3.05, 3.63) is 58.1 Å². The lowest BCUT2D eigenvalue weighted by atomic mass is 10.0. The average molecular weight is 351 g/mol. The zero-order chi connectivity index (χ0) is 14.5. The van der Waals surface area contributed by atoms with E-state index < -0.39 is 0 Å². The highest BCUT2D eigenvalue weighted by Crippen LogP contribution is 2.24. The van der Waals surface area contributed by atoms with Crippen LogP contribution in [0.4, 0.5) is 0 Å². The molecule has 2 aromatic rings. The van der Waals surface area contributed by atoms with E-state index >= 15 is 0 Å². The first-order valence-corrected chi connectivity index (χ1v) is 8.15. The van der Waals surface area contributed by atoms with Gasteiger partial charge in [0.2, 0.25) is 0 Å². The lowest BCUT2D eigenvalue weighted by Gasteiger charge is -2.08. The fourth-order valence-corrected chi connectivity index (χ4v) is 2.75. The van der Waals surface area contributed by atoms with Gasteiger partial charge in [-0.1, -0.05) is 28.1 Å². The van der Waals surface area contributed by atoms with E-state index in [2.05, 4.69) is 15.9 Å². The molecule has 0 amide bonds. The second kappa shape index (κ2) is 6.95. The normalized spacial score (nSPS) is 10.3. The Hall–Kier alpha value is -1.26. The Kier molecular flexibility index (Phi) is 5.26. The summed E-state index contributed by atoms with van der Waals surface area (Å²) in [7, 11) is 1.62. The van der Waals surface area contributed by atoms with E-state index in [1.54, 1.807) is 18.9 Å². The van der Waals surface area contributed by atoms with Crippen LogP contribution >= 0.6 is 27.7 Å². The molecule has 0 aliphatic rings. The molecule has 0 N–H and O–H groups in total. The second-order valence-electron chi connectivity index (χ2n) is 4.28. The zero-order valence-corrected chi connectivity index (χ0v) is 13.8. The third-order valence-electron chi connectivity index (χ3n) is 3.01. The van der Waals surface area contributed by atoms with Gasteiger partial charge < -0.3 is 4.74 Å². The number of ether oxygens (including phenoxy) is 1. The molecule has 0 bridgehead atoms. The predicted molar refractivity (Wildman–Crippen MR) is 87.0 cm³/mol. The van der Waals surface area contributed by atoms with Crippen LogP contribution in [0.25, 0.3) is 0 Å². The fraction of sp³-hybridized carbons (Fsp3) is 0.188. The number of benzene rings is 2. The van der Waals surface area contributed by atoms with Crippen LogP contribution in [0.1, 0.15) is 15.9 Å². The number of thioether (sulfide) groups is 1. The molecule has 2 rings (SSSR count). The molecule has 0 heterocycles. The fourth-order valence-electron chi connectivity index (χ4n) is 1.94. The summed E-state index contributed by atoms with van der Waals surface area (Å²) in [6, 6.07) is 13.4. The van der Waals surface area contributed by atoms with Gasteiger partial charge in [-0.2, -0.15) is 0 Å². The minimum atomic E-state index is 0.0917. The number of rotatable bonds is 5. The quantitative estimate of drug-likeness (QED) is 0.582. The van der Waals surface area contributed by atoms with Gasteiger partial charge in [0.1, 0.15) is 5.75 Å². The number of hydrogen-bond acceptors (Lipinski definition) is 3. The second-order valence-corrected chi connectivity index (χ2v) is 6.08. The van der Waals surface area contributed by atoms with Gasteiger partial charge in [0.05, 0.1) is 7.11 Å². The van der Waals surface area contributed by atoms with Gasteiger partial charge in [-0.15, -0.1) is 11.8 Å². The van der Waals surface area contributed by atoms with E-state index in [-0.39, 0.29) is 5.78 Å². The first kappa shape index (κ1) is 15.1. The maximum absolute atomic E-state index is 12.3. The van der Waals surface area contributed by atoms with Crippen LogP contribution in [0.2, 0.25) is 0 Å². The Balaban J connectivity index is 2.20. The van der Waals surface area contributed by atoms with E-state index in [0.29, 0.717) is 6.42 Å². The van der Waals surface area contributed by atoms with Crippen LogP contribution in [-0.4, -0.2) is 19.1 Å². The van der Waals surface area contributed by atoms with Gasteiger partial charge >= 0.3 is 0 Å². The van der Waals surface area contributed by atoms with Crippen LogP contribution in [0, 0.1) is 0 Å². The van der Waals surface area contributed by atoms with Crippen molar-refractivity contribution in [2.75, 3.05) is 13.4 Å². The van der Waals surface area contributed by atoms with Crippen molar-refractivity contribution in [2.45, 2.75) is 11.3 Å². The van der Waals surface area contributed by atoms with Crippen molar-refractivity contribution in [3.63, 3.8) is 0 Å². The highest BCUT2D eigenvalue weighted by atomic mass is 79.9. The van der Waals surface area contributed by atoms with Gasteiger partial charge in [0.15, 0.2) is 5.78 Å². The molecule has 0 unspecified atom stereocenters. The Morgan fingerprint density at radius 3 is 2.50 bits per heavy atom. The van der Waals surface area contributed by atoms with E-state index in [1.165, 1.54) is 0 Å². The highest BCUT2D eigenvalue weighted by Gasteiger charge is 2.11. The Bertz CT molecular complexity index is 608. The number of ketones is 1. The molecule has 20 heavy (non-hydrogen) atoms. The maximum Gasteiger partial charge on any atom is 0.167 e. The van der Waals surface area contributed by atoms with Gasteiger partial charge in [-0.3, -0.25) is 4.79 Å². The number of hydrogen-bond donors (Lipinski definition) is 0. The maximum atomic E-state index is 12.3. The standard InChI is InChI=1S/C16H15BrO2S/c1-19-16-8-5-13(17)9-12(16)10-15(18)11-3-6-14(20-2)7-4-11/h3-9H,10H2,1-2H3. The van der Waals surface area contributed by atoms with Gasteiger partial charge in [0.25, 0.3) is 0 Å². The molecule has 104 valence electrons. The van der Waals surface area contributed by atoms with E-state index in [4.69, 9.17) is 4.74 Å². The van der Waals surface area contributed by atoms with E-state index in [9.17, 15) is 4.79 Å². The molecular formula is C16H15BrO2S. The lowest BCUT2D eigenvalue weighted by molar-refractivity contribution is 0.0992. The van der Waals surface area contributed by atoms with Crippen molar-refractivity contribution in [1.29, 1.82) is 0 Å². The monoisotopic (exact) mass is 350 g/mol. The van der Waals surface area contributed by atoms with Crippen molar-refractivity contribution < 1.29 is 9.53 Å². The van der Waals surface area contributed by atoms with Gasteiger partial charge in [0, 0.05) is 26.9 Å². The zero-order valence-electron chi connectivity index (χ0n) is 11.4. The summed E-state index contributed by atoms with van der Waals surface area (Å²) in [6.45, 7) is 0. The van der Waals surface area contributed by atoms with E-state index in [0.717, 1.165) is 26.2 Å². The molecule has 0 atom stereocenters. The number of carbonyl (C=O) groups is 1. The summed E-state index contributed by atoms with van der Waals surface area (Å²) < 4.78 is 6.24. The third kappa shape index (κ3) is 3.64. The molecule has 4 heteroatoms. The van der Waals surface area contributed by atoms with Crippen molar-refractivity contribution in [1.82, 2.24) is 0 Å². The minimum Gasteiger partial charge on any atom is -0.496 e. The van der Waals surface area contributed by atoms with Crippen molar-refractivity contribution in [2.24, 2.45) is 0 Å². The summed E-state index contributed by atoms with van der Waals surface area (Å²) in [4.78, 5) is 13.5. The number of methoxy groups -OCH3 is 1. The Labute approximate surface area is 131 Å². The number of carbonyl (C=O) groups excluding carboxylic acids is 1. The molecule has 0 saturated heterocycles. The summed E-state index contributed by atoms with van der Waals surface area (Å²) in [5, 5.41) is 0. The minimum absolute atomic E-state index is 0.0917. The van der Waals surface area contributed by atoms with Crippen LogP contribution < -0.4 is 4.74 Å². The molecule has 0 fully saturated rings. The first-order valence-electron chi connectivity index (χ1n) is 6.13. The molecule has 0 saturated carbocycles. The largest absolute Gasteiger partial charge is 0.496 e. The molecule has 2 aromatic carbocycles. The highest BCUT2D eigenvalue weighted by molar-refractivity contribution is 9.10. The predicted octanol–water partition coefficient (Wildman–Crippen LogP) is 4.61. The van der Waals surface area contributed by atoms with Crippen LogP contribution in [0.5, 0.6) is 5.75 Å². The first-order chi connectivity index (χ1) is 9.63. The van der Waals surface area contributed by atoms with Crippen molar-refractivity contribution in [3.8, 4) is 5.75 Å². The lowest BCUT2D eigenvalue weighted by Crippen LogP contribution is -2.05. The van der Waals surface area contributed by atoms with E-state index in [1.807, 2.05) is 48.7 Å². The van der Waals surface area contributed by atoms with Crippen LogP contribution in [0.3, 0.4) is 0 Å². The number of Topliss-reactive ketones (excluding diaryl/α,β-unsaturated/α-hetero) is 1. The van der Waals surface area contributed by atoms with Gasteiger partial charge in [-0.25, -0.2) is 0 Å². The topological polar surface area (TPSA) is 26.3 Å². The average Bonchev–Trinajstić information content (AvgIpc) is 2.47. The summed E-state index contributed by atoms with van der Waals surface area (Å²) in [6.07, 6.45) is 2.35. The molecule has 2 nitrogen and oxygen atoms in total. The van der Waals surface area contributed by atoms with Crippen molar-refractivity contribution >= 4 is 33.5 Å². The number of halogens is 1. The molecular weight excluding hydrogens is 336 g/mol. The molecule has 0 spiro atoms. The molecule has 0 radical (unpaired) electrons. The summed E-state index contributed by atoms with van der Waals surface area (Å²) >= 11 is 5.08. The summed E-state index contributed by atoms with van der Waals surface area (Å²) in [5.74, 6) is 0.830.